The number of unbranched alkanes of at least 4 members (excludes halogenated alkanes) is 1. The molecule has 0 heterocycles. The van der Waals surface area contributed by atoms with Crippen molar-refractivity contribution in [2.24, 2.45) is 11.8 Å². The Bertz CT molecular complexity index is 195. The Hall–Kier alpha value is -0.0800. The summed E-state index contributed by atoms with van der Waals surface area (Å²) in [5, 5.41) is 3.61. The van der Waals surface area contributed by atoms with E-state index in [1.54, 1.807) is 0 Å². The first-order chi connectivity index (χ1) is 8.29. The highest BCUT2D eigenvalue weighted by molar-refractivity contribution is 4.85. The topological polar surface area (TPSA) is 15.3 Å². The van der Waals surface area contributed by atoms with E-state index < -0.39 is 0 Å². The Labute approximate surface area is 107 Å². The van der Waals surface area contributed by atoms with Gasteiger partial charge in [0, 0.05) is 25.7 Å². The number of hydrogen-bond donors (Lipinski definition) is 1. The summed E-state index contributed by atoms with van der Waals surface area (Å²) in [6, 6.07) is 0.730. The molecule has 0 spiro atoms. The van der Waals surface area contributed by atoms with Crippen molar-refractivity contribution < 1.29 is 0 Å². The van der Waals surface area contributed by atoms with E-state index in [-0.39, 0.29) is 0 Å². The van der Waals surface area contributed by atoms with E-state index in [4.69, 9.17) is 0 Å². The van der Waals surface area contributed by atoms with Crippen LogP contribution >= 0.6 is 0 Å². The highest BCUT2D eigenvalue weighted by Gasteiger charge is 2.30. The van der Waals surface area contributed by atoms with Gasteiger partial charge in [0.15, 0.2) is 0 Å². The molecule has 0 aromatic rings. The van der Waals surface area contributed by atoms with E-state index in [9.17, 15) is 0 Å². The molecule has 17 heavy (non-hydrogen) atoms. The first kappa shape index (κ1) is 13.4. The van der Waals surface area contributed by atoms with Gasteiger partial charge >= 0.3 is 0 Å². The Balaban J connectivity index is 1.64. The molecular weight excluding hydrogens is 208 g/mol. The summed E-state index contributed by atoms with van der Waals surface area (Å²) in [4.78, 5) is 2.76. The second-order valence-corrected chi connectivity index (χ2v) is 6.25. The first-order valence-corrected chi connectivity index (χ1v) is 7.74. The van der Waals surface area contributed by atoms with E-state index in [1.165, 1.54) is 64.7 Å². The third-order valence-electron chi connectivity index (χ3n) is 4.15. The van der Waals surface area contributed by atoms with Crippen LogP contribution in [0.2, 0.25) is 0 Å². The van der Waals surface area contributed by atoms with Crippen LogP contribution < -0.4 is 5.32 Å². The Morgan fingerprint density at radius 3 is 2.18 bits per heavy atom. The highest BCUT2D eigenvalue weighted by Crippen LogP contribution is 2.34. The van der Waals surface area contributed by atoms with Gasteiger partial charge < -0.3 is 5.32 Å². The summed E-state index contributed by atoms with van der Waals surface area (Å²) in [5.74, 6) is 2.07. The van der Waals surface area contributed by atoms with Crippen LogP contribution in [-0.4, -0.2) is 37.1 Å². The Morgan fingerprint density at radius 2 is 1.71 bits per heavy atom. The van der Waals surface area contributed by atoms with Crippen molar-refractivity contribution in [2.75, 3.05) is 26.2 Å². The van der Waals surface area contributed by atoms with Gasteiger partial charge in [-0.2, -0.15) is 0 Å². The van der Waals surface area contributed by atoms with E-state index >= 15 is 0 Å². The summed E-state index contributed by atoms with van der Waals surface area (Å²) in [5.41, 5.74) is 0. The van der Waals surface area contributed by atoms with E-state index in [0.29, 0.717) is 0 Å². The zero-order valence-corrected chi connectivity index (χ0v) is 11.8. The average molecular weight is 238 g/mol. The molecule has 100 valence electrons. The lowest BCUT2D eigenvalue weighted by Gasteiger charge is -2.29. The summed E-state index contributed by atoms with van der Waals surface area (Å²) in [6.07, 6.45) is 8.55. The minimum absolute atomic E-state index is 0.730. The molecule has 0 aromatic carbocycles. The van der Waals surface area contributed by atoms with Gasteiger partial charge in [-0.05, 0) is 57.4 Å². The fourth-order valence-corrected chi connectivity index (χ4v) is 2.44. The lowest BCUT2D eigenvalue weighted by atomic mass is 10.2. The van der Waals surface area contributed by atoms with Gasteiger partial charge in [0.2, 0.25) is 0 Å². The van der Waals surface area contributed by atoms with Crippen LogP contribution in [0.4, 0.5) is 0 Å². The molecule has 0 aliphatic heterocycles. The molecule has 2 heteroatoms. The molecule has 0 aromatic heterocycles. The zero-order valence-electron chi connectivity index (χ0n) is 11.8. The Morgan fingerprint density at radius 1 is 1.12 bits per heavy atom. The quantitative estimate of drug-likeness (QED) is 0.589. The third kappa shape index (κ3) is 5.39. The van der Waals surface area contributed by atoms with Crippen molar-refractivity contribution in [1.29, 1.82) is 0 Å². The second-order valence-electron chi connectivity index (χ2n) is 6.25. The first-order valence-electron chi connectivity index (χ1n) is 7.74. The summed E-state index contributed by atoms with van der Waals surface area (Å²) in [7, 11) is 0. The average Bonchev–Trinajstić information content (AvgIpc) is 3.17. The fraction of sp³-hybridized carbons (Fsp3) is 1.00. The lowest BCUT2D eigenvalue weighted by Crippen LogP contribution is -2.42. The number of rotatable bonds is 10. The molecule has 2 aliphatic carbocycles. The van der Waals surface area contributed by atoms with Crippen molar-refractivity contribution >= 4 is 0 Å². The van der Waals surface area contributed by atoms with Crippen LogP contribution in [0.1, 0.15) is 52.4 Å². The van der Waals surface area contributed by atoms with Crippen LogP contribution in [0.5, 0.6) is 0 Å². The largest absolute Gasteiger partial charge is 0.315 e. The molecule has 1 unspecified atom stereocenters. The maximum Gasteiger partial charge on any atom is 0.0192 e. The van der Waals surface area contributed by atoms with Crippen LogP contribution in [0.25, 0.3) is 0 Å². The molecule has 0 saturated heterocycles. The van der Waals surface area contributed by atoms with Crippen LogP contribution in [0, 0.1) is 11.8 Å². The lowest BCUT2D eigenvalue weighted by molar-refractivity contribution is 0.188. The predicted octanol–water partition coefficient (Wildman–Crippen LogP) is 2.89. The molecule has 0 radical (unpaired) electrons. The van der Waals surface area contributed by atoms with Crippen LogP contribution in [0.15, 0.2) is 0 Å². The van der Waals surface area contributed by atoms with Crippen molar-refractivity contribution in [1.82, 2.24) is 10.2 Å². The highest BCUT2D eigenvalue weighted by atomic mass is 15.2. The van der Waals surface area contributed by atoms with E-state index in [1.807, 2.05) is 0 Å². The van der Waals surface area contributed by atoms with Gasteiger partial charge in [0.05, 0.1) is 0 Å². The minimum Gasteiger partial charge on any atom is -0.315 e. The van der Waals surface area contributed by atoms with Crippen LogP contribution in [-0.2, 0) is 0 Å². The summed E-state index contributed by atoms with van der Waals surface area (Å²) in [6.45, 7) is 9.78. The molecule has 2 rings (SSSR count). The van der Waals surface area contributed by atoms with Crippen molar-refractivity contribution in [3.63, 3.8) is 0 Å². The van der Waals surface area contributed by atoms with Crippen LogP contribution in [0.3, 0.4) is 0 Å². The number of nitrogens with one attached hydrogen (secondary N) is 1. The molecule has 2 fully saturated rings. The van der Waals surface area contributed by atoms with Gasteiger partial charge in [-0.1, -0.05) is 13.3 Å². The molecule has 2 nitrogen and oxygen atoms in total. The summed E-state index contributed by atoms with van der Waals surface area (Å²) < 4.78 is 0. The van der Waals surface area contributed by atoms with Crippen molar-refractivity contribution in [3.8, 4) is 0 Å². The number of hydrogen-bond acceptors (Lipinski definition) is 2. The van der Waals surface area contributed by atoms with Gasteiger partial charge in [0.25, 0.3) is 0 Å². The maximum absolute atomic E-state index is 3.61. The second kappa shape index (κ2) is 6.75. The maximum atomic E-state index is 3.61. The number of nitrogens with zero attached hydrogens (tertiary/aromatic N) is 1. The molecule has 0 bridgehead atoms. The van der Waals surface area contributed by atoms with Gasteiger partial charge in [-0.3, -0.25) is 4.90 Å². The molecule has 2 aliphatic rings. The fourth-order valence-electron chi connectivity index (χ4n) is 2.44. The smallest absolute Gasteiger partial charge is 0.0192 e. The molecule has 1 N–H and O–H groups in total. The monoisotopic (exact) mass is 238 g/mol. The van der Waals surface area contributed by atoms with Gasteiger partial charge in [-0.25, -0.2) is 0 Å². The van der Waals surface area contributed by atoms with Crippen molar-refractivity contribution in [3.05, 3.63) is 0 Å². The van der Waals surface area contributed by atoms with Gasteiger partial charge in [-0.15, -0.1) is 0 Å². The Kier molecular flexibility index (Phi) is 5.30. The minimum atomic E-state index is 0.730. The normalized spacial score (nSPS) is 22.1. The predicted molar refractivity (Wildman–Crippen MR) is 74.3 cm³/mol. The standard InChI is InChI=1S/C15H30N2/c1-3-4-9-16-10-13(2)17(11-14-5-6-14)12-15-7-8-15/h13-16H,3-12H2,1-2H3. The van der Waals surface area contributed by atoms with E-state index in [0.717, 1.165) is 17.9 Å². The molecular formula is C15H30N2. The molecule has 0 amide bonds. The molecule has 2 saturated carbocycles. The zero-order chi connectivity index (χ0) is 12.1. The summed E-state index contributed by atoms with van der Waals surface area (Å²) >= 11 is 0. The third-order valence-corrected chi connectivity index (χ3v) is 4.15. The molecule has 1 atom stereocenters. The van der Waals surface area contributed by atoms with E-state index in [2.05, 4.69) is 24.1 Å². The van der Waals surface area contributed by atoms with Gasteiger partial charge in [0.1, 0.15) is 0 Å². The SMILES string of the molecule is CCCCNCC(C)N(CC1CC1)CC1CC1. The van der Waals surface area contributed by atoms with Crippen molar-refractivity contribution in [2.45, 2.75) is 58.4 Å².